The molecular weight excluding hydrogens is 345 g/mol. The van der Waals surface area contributed by atoms with Crippen molar-refractivity contribution in [3.8, 4) is 5.75 Å². The minimum Gasteiger partial charge on any atom is -0.497 e. The average molecular weight is 365 g/mol. The summed E-state index contributed by atoms with van der Waals surface area (Å²) in [5.41, 5.74) is 3.26. The van der Waals surface area contributed by atoms with E-state index in [1.165, 1.54) is 12.1 Å². The van der Waals surface area contributed by atoms with E-state index in [2.05, 4.69) is 5.32 Å². The van der Waals surface area contributed by atoms with Crippen LogP contribution in [0.4, 0.5) is 4.39 Å². The maximum Gasteiger partial charge on any atom is 0.225 e. The highest BCUT2D eigenvalue weighted by atomic mass is 19.1. The summed E-state index contributed by atoms with van der Waals surface area (Å²) in [6.45, 7) is 0. The summed E-state index contributed by atoms with van der Waals surface area (Å²) >= 11 is 0. The molecule has 0 bridgehead atoms. The number of Topliss-reactive ketones (excluding diaryl/α,β-unsaturated/α-hetero) is 1. The molecular formula is C22H20FNO3. The molecule has 0 saturated carbocycles. The number of ether oxygens (including phenoxy) is 1. The van der Waals surface area contributed by atoms with Crippen LogP contribution in [-0.4, -0.2) is 18.8 Å². The molecule has 4 nitrogen and oxygen atoms in total. The van der Waals surface area contributed by atoms with Crippen molar-refractivity contribution in [3.63, 3.8) is 0 Å². The van der Waals surface area contributed by atoms with Crippen molar-refractivity contribution in [1.29, 1.82) is 0 Å². The number of halogens is 1. The molecule has 2 atom stereocenters. The van der Waals surface area contributed by atoms with Crippen LogP contribution in [-0.2, 0) is 9.59 Å². The van der Waals surface area contributed by atoms with Gasteiger partial charge in [0, 0.05) is 30.0 Å². The zero-order valence-corrected chi connectivity index (χ0v) is 15.0. The van der Waals surface area contributed by atoms with Gasteiger partial charge in [-0.05, 0) is 47.7 Å². The van der Waals surface area contributed by atoms with Crippen LogP contribution in [0, 0.1) is 5.82 Å². The lowest BCUT2D eigenvalue weighted by molar-refractivity contribution is -0.122. The van der Waals surface area contributed by atoms with Crippen LogP contribution in [0.2, 0.25) is 0 Å². The summed E-state index contributed by atoms with van der Waals surface area (Å²) in [6, 6.07) is 13.7. The third kappa shape index (κ3) is 3.37. The lowest BCUT2D eigenvalue weighted by Gasteiger charge is -2.34. The molecule has 1 amide bonds. The molecule has 0 fully saturated rings. The molecule has 2 aromatic carbocycles. The van der Waals surface area contributed by atoms with Crippen molar-refractivity contribution in [2.75, 3.05) is 7.11 Å². The van der Waals surface area contributed by atoms with Gasteiger partial charge in [0.05, 0.1) is 7.11 Å². The Morgan fingerprint density at radius 2 is 1.59 bits per heavy atom. The summed E-state index contributed by atoms with van der Waals surface area (Å²) in [7, 11) is 1.60. The van der Waals surface area contributed by atoms with Crippen LogP contribution >= 0.6 is 0 Å². The van der Waals surface area contributed by atoms with Crippen LogP contribution < -0.4 is 10.1 Å². The summed E-state index contributed by atoms with van der Waals surface area (Å²) in [5.74, 6) is 0.118. The molecule has 0 spiro atoms. The second-order valence-electron chi connectivity index (χ2n) is 7.05. The molecule has 5 heteroatoms. The highest BCUT2D eigenvalue weighted by Gasteiger charge is 2.38. The molecule has 27 heavy (non-hydrogen) atoms. The molecule has 2 unspecified atom stereocenters. The number of rotatable bonds is 3. The van der Waals surface area contributed by atoms with E-state index in [0.717, 1.165) is 16.9 Å². The van der Waals surface area contributed by atoms with Gasteiger partial charge in [-0.2, -0.15) is 0 Å². The van der Waals surface area contributed by atoms with Crippen molar-refractivity contribution in [2.45, 2.75) is 31.1 Å². The van der Waals surface area contributed by atoms with E-state index in [1.54, 1.807) is 19.2 Å². The first kappa shape index (κ1) is 17.5. The fourth-order valence-corrected chi connectivity index (χ4v) is 4.05. The van der Waals surface area contributed by atoms with Crippen LogP contribution in [0.1, 0.15) is 42.2 Å². The van der Waals surface area contributed by atoms with Crippen LogP contribution in [0.5, 0.6) is 5.75 Å². The maximum absolute atomic E-state index is 13.2. The number of nitrogens with one attached hydrogen (secondary N) is 1. The van der Waals surface area contributed by atoms with Gasteiger partial charge < -0.3 is 10.1 Å². The van der Waals surface area contributed by atoms with Crippen LogP contribution in [0.3, 0.4) is 0 Å². The van der Waals surface area contributed by atoms with Gasteiger partial charge in [-0.25, -0.2) is 4.39 Å². The van der Waals surface area contributed by atoms with Gasteiger partial charge in [0.15, 0.2) is 5.78 Å². The van der Waals surface area contributed by atoms with E-state index >= 15 is 0 Å². The van der Waals surface area contributed by atoms with Crippen LogP contribution in [0.15, 0.2) is 59.8 Å². The monoisotopic (exact) mass is 365 g/mol. The van der Waals surface area contributed by atoms with E-state index in [0.29, 0.717) is 24.1 Å². The van der Waals surface area contributed by atoms with E-state index in [1.807, 2.05) is 24.3 Å². The highest BCUT2D eigenvalue weighted by molar-refractivity contribution is 6.02. The SMILES string of the molecule is COc1ccc(C2CC(=O)NC3=C2C(=O)CC(c2ccc(F)cc2)C3)cc1. The smallest absolute Gasteiger partial charge is 0.225 e. The molecule has 1 aliphatic carbocycles. The van der Waals surface area contributed by atoms with Gasteiger partial charge in [-0.15, -0.1) is 0 Å². The number of allylic oxidation sites excluding steroid dienone is 2. The molecule has 138 valence electrons. The van der Waals surface area contributed by atoms with E-state index in [9.17, 15) is 14.0 Å². The fourth-order valence-electron chi connectivity index (χ4n) is 4.05. The Labute approximate surface area is 157 Å². The first-order valence-electron chi connectivity index (χ1n) is 9.00. The first-order valence-corrected chi connectivity index (χ1v) is 9.00. The third-order valence-corrected chi connectivity index (χ3v) is 5.40. The predicted octanol–water partition coefficient (Wildman–Crippen LogP) is 3.84. The van der Waals surface area contributed by atoms with Crippen LogP contribution in [0.25, 0.3) is 0 Å². The Hall–Kier alpha value is -2.95. The average Bonchev–Trinajstić information content (AvgIpc) is 2.67. The number of amides is 1. The molecule has 1 aliphatic heterocycles. The topological polar surface area (TPSA) is 55.4 Å². The number of hydrogen-bond donors (Lipinski definition) is 1. The van der Waals surface area contributed by atoms with Crippen molar-refractivity contribution in [1.82, 2.24) is 5.32 Å². The van der Waals surface area contributed by atoms with Crippen molar-refractivity contribution in [3.05, 3.63) is 76.7 Å². The molecule has 1 heterocycles. The Morgan fingerprint density at radius 3 is 2.26 bits per heavy atom. The first-order chi connectivity index (χ1) is 13.0. The van der Waals surface area contributed by atoms with E-state index < -0.39 is 0 Å². The Bertz CT molecular complexity index is 916. The lowest BCUT2D eigenvalue weighted by atomic mass is 9.73. The number of benzene rings is 2. The zero-order chi connectivity index (χ0) is 19.0. The minimum absolute atomic E-state index is 0.0476. The number of carbonyl (C=O) groups excluding carboxylic acids is 2. The van der Waals surface area contributed by atoms with E-state index in [4.69, 9.17) is 4.74 Å². The normalized spacial score (nSPS) is 22.3. The van der Waals surface area contributed by atoms with Gasteiger partial charge in [-0.3, -0.25) is 9.59 Å². The Balaban J connectivity index is 1.68. The van der Waals surface area contributed by atoms with Crippen molar-refractivity contribution in [2.24, 2.45) is 0 Å². The summed E-state index contributed by atoms with van der Waals surface area (Å²) < 4.78 is 18.4. The van der Waals surface area contributed by atoms with Gasteiger partial charge in [-0.1, -0.05) is 24.3 Å². The predicted molar refractivity (Wildman–Crippen MR) is 98.9 cm³/mol. The molecule has 1 N–H and O–H groups in total. The second-order valence-corrected chi connectivity index (χ2v) is 7.05. The van der Waals surface area contributed by atoms with Gasteiger partial charge in [0.1, 0.15) is 11.6 Å². The number of carbonyl (C=O) groups is 2. The number of hydrogen-bond acceptors (Lipinski definition) is 3. The lowest BCUT2D eigenvalue weighted by Crippen LogP contribution is -2.38. The van der Waals surface area contributed by atoms with Crippen molar-refractivity contribution < 1.29 is 18.7 Å². The summed E-state index contributed by atoms with van der Waals surface area (Å²) in [6.07, 6.45) is 1.20. The molecule has 4 rings (SSSR count). The molecule has 0 aromatic heterocycles. The summed E-state index contributed by atoms with van der Waals surface area (Å²) in [5, 5.41) is 2.90. The highest BCUT2D eigenvalue weighted by Crippen LogP contribution is 2.42. The van der Waals surface area contributed by atoms with E-state index in [-0.39, 0.29) is 35.8 Å². The molecule has 0 saturated heterocycles. The second kappa shape index (κ2) is 6.99. The minimum atomic E-state index is -0.300. The molecule has 2 aromatic rings. The van der Waals surface area contributed by atoms with Crippen molar-refractivity contribution >= 4 is 11.7 Å². The quantitative estimate of drug-likeness (QED) is 0.899. The standard InChI is InChI=1S/C22H20FNO3/c1-27-17-8-4-14(5-9-17)18-12-21(26)24-19-10-15(11-20(25)22(18)19)13-2-6-16(23)7-3-13/h2-9,15,18H,10-12H2,1H3,(H,24,26). The van der Waals surface area contributed by atoms with Gasteiger partial charge >= 0.3 is 0 Å². The largest absolute Gasteiger partial charge is 0.497 e. The zero-order valence-electron chi connectivity index (χ0n) is 15.0. The Kier molecular flexibility index (Phi) is 4.52. The third-order valence-electron chi connectivity index (χ3n) is 5.40. The molecule has 0 radical (unpaired) electrons. The fraction of sp³-hybridized carbons (Fsp3) is 0.273. The maximum atomic E-state index is 13.2. The van der Waals surface area contributed by atoms with Gasteiger partial charge in [0.2, 0.25) is 5.91 Å². The Morgan fingerprint density at radius 1 is 0.926 bits per heavy atom. The van der Waals surface area contributed by atoms with Gasteiger partial charge in [0.25, 0.3) is 0 Å². The molecule has 2 aliphatic rings. The summed E-state index contributed by atoms with van der Waals surface area (Å²) in [4.78, 5) is 25.3. The number of ketones is 1. The number of methoxy groups -OCH3 is 1.